The summed E-state index contributed by atoms with van der Waals surface area (Å²) in [4.78, 5) is 12.0. The van der Waals surface area contributed by atoms with Crippen LogP contribution in [0.1, 0.15) is 105 Å². The average Bonchev–Trinajstić information content (AvgIpc) is 2.69. The van der Waals surface area contributed by atoms with E-state index in [0.717, 1.165) is 25.7 Å². The predicted octanol–water partition coefficient (Wildman–Crippen LogP) is 8.58. The first-order chi connectivity index (χ1) is 14.6. The number of ether oxygens (including phenoxy) is 1. The molecule has 8 heteroatoms. The number of carbonyl (C=O) groups excluding carboxylic acids is 1. The summed E-state index contributed by atoms with van der Waals surface area (Å²) in [7, 11) is 0. The molecule has 0 N–H and O–H groups in total. The minimum atomic E-state index is -4.95. The molecule has 0 aliphatic heterocycles. The van der Waals surface area contributed by atoms with Crippen molar-refractivity contribution in [2.75, 3.05) is 6.61 Å². The van der Waals surface area contributed by atoms with Gasteiger partial charge in [0.2, 0.25) is 0 Å². The third kappa shape index (κ3) is 10.9. The Kier molecular flexibility index (Phi) is 12.0. The van der Waals surface area contributed by atoms with Gasteiger partial charge in [0.15, 0.2) is 0 Å². The van der Waals surface area contributed by atoms with Crippen molar-refractivity contribution in [1.82, 2.24) is 0 Å². The van der Waals surface area contributed by atoms with Crippen molar-refractivity contribution >= 4 is 5.97 Å². The van der Waals surface area contributed by atoms with Crippen LogP contribution < -0.4 is 0 Å². The molecule has 1 aromatic rings. The molecule has 0 amide bonds. The lowest BCUT2D eigenvalue weighted by atomic mass is 10.0. The van der Waals surface area contributed by atoms with Crippen molar-refractivity contribution in [2.24, 2.45) is 0 Å². The standard InChI is InChI=1S/C23H32F6O2/c1-2-3-4-5-6-7-8-9-10-11-12-13-16-31-21(30)19-17-18(22(24,25)26)14-15-20(19)23(27,28)29/h14-15,17H,2-13,16H2,1H3. The van der Waals surface area contributed by atoms with Crippen molar-refractivity contribution in [3.63, 3.8) is 0 Å². The minimum Gasteiger partial charge on any atom is -0.462 e. The summed E-state index contributed by atoms with van der Waals surface area (Å²) in [5.74, 6) is -1.39. The summed E-state index contributed by atoms with van der Waals surface area (Å²) in [6.07, 6.45) is 3.23. The molecule has 1 aromatic carbocycles. The third-order valence-corrected chi connectivity index (χ3v) is 5.10. The highest BCUT2D eigenvalue weighted by Gasteiger charge is 2.39. The molecule has 0 heterocycles. The number of benzene rings is 1. The maximum atomic E-state index is 13.0. The van der Waals surface area contributed by atoms with Gasteiger partial charge in [0, 0.05) is 0 Å². The number of alkyl halides is 6. The van der Waals surface area contributed by atoms with Gasteiger partial charge in [-0.1, -0.05) is 77.6 Å². The maximum absolute atomic E-state index is 13.0. The van der Waals surface area contributed by atoms with Crippen LogP contribution in [-0.4, -0.2) is 12.6 Å². The topological polar surface area (TPSA) is 26.3 Å². The van der Waals surface area contributed by atoms with Crippen molar-refractivity contribution in [2.45, 2.75) is 96.3 Å². The number of halogens is 6. The van der Waals surface area contributed by atoms with Gasteiger partial charge >= 0.3 is 18.3 Å². The second kappa shape index (κ2) is 13.6. The lowest BCUT2D eigenvalue weighted by Crippen LogP contribution is -2.17. The fourth-order valence-corrected chi connectivity index (χ4v) is 3.32. The van der Waals surface area contributed by atoms with Gasteiger partial charge in [-0.3, -0.25) is 0 Å². The molecule has 1 rings (SSSR count). The van der Waals surface area contributed by atoms with E-state index >= 15 is 0 Å². The Morgan fingerprint density at radius 2 is 1.23 bits per heavy atom. The highest BCUT2D eigenvalue weighted by atomic mass is 19.4. The molecule has 0 aliphatic carbocycles. The first-order valence-electron chi connectivity index (χ1n) is 11.0. The van der Waals surface area contributed by atoms with Crippen LogP contribution in [0.4, 0.5) is 26.3 Å². The summed E-state index contributed by atoms with van der Waals surface area (Å²) in [6, 6.07) is 0.779. The van der Waals surface area contributed by atoms with Crippen LogP contribution in [0.3, 0.4) is 0 Å². The molecule has 0 spiro atoms. The molecule has 0 saturated heterocycles. The van der Waals surface area contributed by atoms with E-state index in [2.05, 4.69) is 6.92 Å². The number of esters is 1. The number of hydrogen-bond acceptors (Lipinski definition) is 2. The number of rotatable bonds is 14. The Bertz CT molecular complexity index is 652. The minimum absolute atomic E-state index is 0.121. The molecule has 2 nitrogen and oxygen atoms in total. The SMILES string of the molecule is CCCCCCCCCCCCCCOC(=O)c1cc(C(F)(F)F)ccc1C(F)(F)F. The number of unbranched alkanes of at least 4 members (excludes halogenated alkanes) is 11. The van der Waals surface area contributed by atoms with Gasteiger partial charge < -0.3 is 4.74 Å². The van der Waals surface area contributed by atoms with E-state index < -0.39 is 35.0 Å². The van der Waals surface area contributed by atoms with E-state index in [9.17, 15) is 31.1 Å². The van der Waals surface area contributed by atoms with Crippen molar-refractivity contribution in [3.8, 4) is 0 Å². The maximum Gasteiger partial charge on any atom is 0.417 e. The molecule has 0 fully saturated rings. The van der Waals surface area contributed by atoms with Crippen LogP contribution in [-0.2, 0) is 17.1 Å². The van der Waals surface area contributed by atoms with Crippen LogP contribution >= 0.6 is 0 Å². The first-order valence-corrected chi connectivity index (χ1v) is 11.0. The third-order valence-electron chi connectivity index (χ3n) is 5.10. The van der Waals surface area contributed by atoms with Gasteiger partial charge in [-0.25, -0.2) is 4.79 Å². The van der Waals surface area contributed by atoms with E-state index in [0.29, 0.717) is 12.5 Å². The molecule has 0 saturated carbocycles. The van der Waals surface area contributed by atoms with Gasteiger partial charge in [0.1, 0.15) is 0 Å². The highest BCUT2D eigenvalue weighted by Crippen LogP contribution is 2.36. The Morgan fingerprint density at radius 3 is 1.68 bits per heavy atom. The van der Waals surface area contributed by atoms with Gasteiger partial charge in [-0.05, 0) is 24.6 Å². The molecular weight excluding hydrogens is 422 g/mol. The van der Waals surface area contributed by atoms with Gasteiger partial charge in [-0.15, -0.1) is 0 Å². The van der Waals surface area contributed by atoms with Crippen LogP contribution in [0.2, 0.25) is 0 Å². The zero-order valence-corrected chi connectivity index (χ0v) is 18.0. The number of carbonyl (C=O) groups is 1. The zero-order valence-electron chi connectivity index (χ0n) is 18.0. The van der Waals surface area contributed by atoms with Gasteiger partial charge in [0.05, 0.1) is 23.3 Å². The summed E-state index contributed by atoms with van der Waals surface area (Å²) in [5.41, 5.74) is -3.86. The Hall–Kier alpha value is -1.73. The van der Waals surface area contributed by atoms with E-state index in [1.54, 1.807) is 0 Å². The Labute approximate surface area is 180 Å². The van der Waals surface area contributed by atoms with Crippen LogP contribution in [0.15, 0.2) is 18.2 Å². The average molecular weight is 454 g/mol. The summed E-state index contributed by atoms with van der Waals surface area (Å²) in [5, 5.41) is 0. The van der Waals surface area contributed by atoms with Crippen molar-refractivity contribution in [1.29, 1.82) is 0 Å². The molecule has 0 radical (unpaired) electrons. The monoisotopic (exact) mass is 454 g/mol. The second-order valence-electron chi connectivity index (χ2n) is 7.78. The summed E-state index contributed by atoms with van der Waals surface area (Å²) >= 11 is 0. The largest absolute Gasteiger partial charge is 0.462 e. The fraction of sp³-hybridized carbons (Fsp3) is 0.696. The van der Waals surface area contributed by atoms with Crippen molar-refractivity contribution in [3.05, 3.63) is 34.9 Å². The fourth-order valence-electron chi connectivity index (χ4n) is 3.32. The highest BCUT2D eigenvalue weighted by molar-refractivity contribution is 5.91. The predicted molar refractivity (Wildman–Crippen MR) is 108 cm³/mol. The summed E-state index contributed by atoms with van der Waals surface area (Å²) in [6.45, 7) is 2.07. The van der Waals surface area contributed by atoms with Gasteiger partial charge in [0.25, 0.3) is 0 Å². The Balaban J connectivity index is 2.33. The zero-order chi connectivity index (χ0) is 23.3. The lowest BCUT2D eigenvalue weighted by Gasteiger charge is -2.15. The molecule has 0 atom stereocenters. The van der Waals surface area contributed by atoms with E-state index in [1.807, 2.05) is 0 Å². The first kappa shape index (κ1) is 27.3. The lowest BCUT2D eigenvalue weighted by molar-refractivity contribution is -0.141. The molecule has 0 aliphatic rings. The van der Waals surface area contributed by atoms with Crippen molar-refractivity contribution < 1.29 is 35.9 Å². The van der Waals surface area contributed by atoms with E-state index in [-0.39, 0.29) is 18.7 Å². The smallest absolute Gasteiger partial charge is 0.417 e. The van der Waals surface area contributed by atoms with Crippen LogP contribution in [0.25, 0.3) is 0 Å². The molecule has 178 valence electrons. The molecule has 0 unspecified atom stereocenters. The number of hydrogen-bond donors (Lipinski definition) is 0. The summed E-state index contributed by atoms with van der Waals surface area (Å²) < 4.78 is 82.3. The van der Waals surface area contributed by atoms with Crippen LogP contribution in [0, 0.1) is 0 Å². The molecule has 0 bridgehead atoms. The quantitative estimate of drug-likeness (QED) is 0.160. The Morgan fingerprint density at radius 1 is 0.742 bits per heavy atom. The second-order valence-corrected chi connectivity index (χ2v) is 7.78. The van der Waals surface area contributed by atoms with E-state index in [1.165, 1.54) is 44.9 Å². The molecule has 31 heavy (non-hydrogen) atoms. The molecular formula is C23H32F6O2. The van der Waals surface area contributed by atoms with E-state index in [4.69, 9.17) is 4.74 Å². The molecule has 0 aromatic heterocycles. The normalized spacial score (nSPS) is 12.2. The van der Waals surface area contributed by atoms with Crippen LogP contribution in [0.5, 0.6) is 0 Å². The van der Waals surface area contributed by atoms with Gasteiger partial charge in [-0.2, -0.15) is 26.3 Å².